The van der Waals surface area contributed by atoms with Crippen LogP contribution in [0.2, 0.25) is 0 Å². The lowest BCUT2D eigenvalue weighted by Crippen LogP contribution is -2.53. The van der Waals surface area contributed by atoms with Gasteiger partial charge in [-0.3, -0.25) is 29.0 Å². The van der Waals surface area contributed by atoms with E-state index in [1.807, 2.05) is 0 Å². The number of benzene rings is 1. The number of carbonyl (C=O) groups excluding carboxylic acids is 4. The lowest BCUT2D eigenvalue weighted by atomic mass is 10.0. The molecule has 1 saturated heterocycles. The molecule has 2 aliphatic carbocycles. The zero-order valence-electron chi connectivity index (χ0n) is 29.0. The molecule has 0 unspecified atom stereocenters. The van der Waals surface area contributed by atoms with Gasteiger partial charge in [-0.2, -0.15) is 13.2 Å². The van der Waals surface area contributed by atoms with E-state index in [0.29, 0.717) is 30.2 Å². The number of nitrogens with zero attached hydrogens (tertiary/aromatic N) is 3. The number of ether oxygens (including phenoxy) is 1. The molecule has 0 bridgehead atoms. The van der Waals surface area contributed by atoms with Gasteiger partial charge >= 0.3 is 12.3 Å². The first-order chi connectivity index (χ1) is 24.9. The molecular formula is C35H40F4N6O7S. The molecule has 6 rings (SSSR count). The number of hydrogen-bond donors (Lipinski definition) is 3. The quantitative estimate of drug-likeness (QED) is 0.216. The van der Waals surface area contributed by atoms with Crippen LogP contribution >= 0.6 is 0 Å². The maximum Gasteiger partial charge on any atom is 0.417 e. The predicted octanol–water partition coefficient (Wildman–Crippen LogP) is 3.71. The number of sulfonamides is 1. The third-order valence-electron chi connectivity index (χ3n) is 10.3. The van der Waals surface area contributed by atoms with E-state index in [0.717, 1.165) is 12.3 Å². The van der Waals surface area contributed by atoms with Crippen molar-refractivity contribution in [2.24, 2.45) is 17.3 Å². The molecule has 0 radical (unpaired) electrons. The van der Waals surface area contributed by atoms with Crippen LogP contribution in [-0.4, -0.2) is 83.5 Å². The summed E-state index contributed by atoms with van der Waals surface area (Å²) in [5, 5.41) is 4.86. The second-order valence-electron chi connectivity index (χ2n) is 14.4. The van der Waals surface area contributed by atoms with E-state index in [4.69, 9.17) is 4.74 Å². The van der Waals surface area contributed by atoms with Crippen molar-refractivity contribution in [3.63, 3.8) is 0 Å². The van der Waals surface area contributed by atoms with Gasteiger partial charge < -0.3 is 20.3 Å². The number of anilines is 1. The van der Waals surface area contributed by atoms with Crippen molar-refractivity contribution >= 4 is 39.5 Å². The van der Waals surface area contributed by atoms with Crippen LogP contribution in [0.15, 0.2) is 49.3 Å². The van der Waals surface area contributed by atoms with E-state index in [9.17, 15) is 45.2 Å². The van der Waals surface area contributed by atoms with Crippen LogP contribution in [0.3, 0.4) is 0 Å². The average Bonchev–Trinajstić information content (AvgIpc) is 4.00. The Morgan fingerprint density at radius 1 is 1.15 bits per heavy atom. The van der Waals surface area contributed by atoms with Crippen LogP contribution in [-0.2, 0) is 48.4 Å². The predicted molar refractivity (Wildman–Crippen MR) is 181 cm³/mol. The van der Waals surface area contributed by atoms with Crippen LogP contribution in [0.25, 0.3) is 0 Å². The number of hydrogen-bond acceptors (Lipinski definition) is 9. The van der Waals surface area contributed by atoms with Gasteiger partial charge in [-0.25, -0.2) is 17.6 Å². The summed E-state index contributed by atoms with van der Waals surface area (Å²) in [5.41, 5.74) is -1.46. The zero-order chi connectivity index (χ0) is 38.5. The Kier molecular flexibility index (Phi) is 10.2. The first-order valence-corrected chi connectivity index (χ1v) is 18.8. The third kappa shape index (κ3) is 7.96. The number of likely N-dealkylation sites (tertiary alicyclic amines) is 1. The summed E-state index contributed by atoms with van der Waals surface area (Å²) in [5.74, 6) is -3.59. The van der Waals surface area contributed by atoms with Crippen LogP contribution in [0.1, 0.15) is 56.2 Å². The first kappa shape index (κ1) is 38.0. The molecule has 3 heterocycles. The Labute approximate surface area is 303 Å². The molecule has 4 amide bonds. The highest BCUT2D eigenvalue weighted by atomic mass is 32.2. The van der Waals surface area contributed by atoms with Crippen molar-refractivity contribution in [2.75, 3.05) is 18.4 Å². The maximum atomic E-state index is 14.4. The highest BCUT2D eigenvalue weighted by molar-refractivity contribution is 7.90. The van der Waals surface area contributed by atoms with Crippen LogP contribution < -0.4 is 15.4 Å². The summed E-state index contributed by atoms with van der Waals surface area (Å²) in [6, 6.07) is 2.90. The molecule has 4 aliphatic rings. The number of rotatable bonds is 12. The minimum Gasteiger partial charge on any atom is -0.444 e. The molecule has 53 heavy (non-hydrogen) atoms. The Hall–Kier alpha value is -4.74. The fourth-order valence-electron chi connectivity index (χ4n) is 6.89. The maximum absolute atomic E-state index is 14.4. The number of allylic oxidation sites excluding steroid dienone is 1. The highest BCUT2D eigenvalue weighted by Crippen LogP contribution is 2.53. The summed E-state index contributed by atoms with van der Waals surface area (Å²) in [4.78, 5) is 60.7. The number of aromatic nitrogens is 1. The summed E-state index contributed by atoms with van der Waals surface area (Å²) < 4.78 is 87.6. The first-order valence-electron chi connectivity index (χ1n) is 17.2. The number of alkyl halides is 3. The van der Waals surface area contributed by atoms with Crippen molar-refractivity contribution in [1.29, 1.82) is 0 Å². The fraction of sp³-hybridized carbons (Fsp3) is 0.514. The van der Waals surface area contributed by atoms with E-state index in [1.54, 1.807) is 19.9 Å². The van der Waals surface area contributed by atoms with Crippen molar-refractivity contribution in [1.82, 2.24) is 24.8 Å². The van der Waals surface area contributed by atoms with Crippen molar-refractivity contribution in [3.8, 4) is 0 Å². The van der Waals surface area contributed by atoms with Gasteiger partial charge in [0.1, 0.15) is 24.0 Å². The Morgan fingerprint density at radius 3 is 2.51 bits per heavy atom. The molecule has 2 aromatic rings. The van der Waals surface area contributed by atoms with Crippen LogP contribution in [0.4, 0.5) is 28.0 Å². The van der Waals surface area contributed by atoms with Crippen molar-refractivity contribution < 1.29 is 49.9 Å². The van der Waals surface area contributed by atoms with E-state index in [-0.39, 0.29) is 44.7 Å². The lowest BCUT2D eigenvalue weighted by molar-refractivity contribution is -0.140. The van der Waals surface area contributed by atoms with Gasteiger partial charge in [0.25, 0.3) is 0 Å². The van der Waals surface area contributed by atoms with Crippen molar-refractivity contribution in [3.05, 3.63) is 71.8 Å². The van der Waals surface area contributed by atoms with Gasteiger partial charge in [0.15, 0.2) is 0 Å². The molecule has 3 N–H and O–H groups in total. The molecule has 18 heteroatoms. The molecule has 286 valence electrons. The third-order valence-corrected chi connectivity index (χ3v) is 12.1. The molecular weight excluding hydrogens is 724 g/mol. The Morgan fingerprint density at radius 2 is 1.89 bits per heavy atom. The molecule has 2 saturated carbocycles. The standard InChI is InChI=1S/C35H40F4N6O7S/c1-4-21-12-34(21,32(48)43-53(50,51)25-8-9-25)18-41-30(46)28-11-24(52-33(49)44-15-20-6-5-7-27(36)26(20)17-44)16-45(28)31(47)29(19(2)3)42-23-10-22(13-40-14-23)35(37,38)39/h4-7,10,13-14,19,21,24-25,28-29,42H,1,8-9,11-12,15-18H2,2-3H3,(H,41,46)(H,43,48)/t21-,24-,28+,29+,34-/m1/s1. The van der Waals surface area contributed by atoms with E-state index in [2.05, 4.69) is 26.9 Å². The van der Waals surface area contributed by atoms with E-state index >= 15 is 0 Å². The van der Waals surface area contributed by atoms with E-state index < -0.39 is 92.1 Å². The number of fused-ring (bicyclic) bond motifs is 1. The second-order valence-corrected chi connectivity index (χ2v) is 16.4. The second kappa shape index (κ2) is 14.2. The lowest BCUT2D eigenvalue weighted by Gasteiger charge is -2.31. The average molecular weight is 765 g/mol. The topological polar surface area (TPSA) is 167 Å². The summed E-state index contributed by atoms with van der Waals surface area (Å²) in [6.07, 6.45) is -2.30. The number of halogens is 4. The highest BCUT2D eigenvalue weighted by Gasteiger charge is 2.60. The smallest absolute Gasteiger partial charge is 0.417 e. The number of amides is 4. The van der Waals surface area contributed by atoms with Crippen LogP contribution in [0.5, 0.6) is 0 Å². The zero-order valence-corrected chi connectivity index (χ0v) is 29.8. The minimum atomic E-state index is -4.69. The molecule has 1 aromatic heterocycles. The molecule has 1 aromatic carbocycles. The number of nitrogens with one attached hydrogen (secondary N) is 3. The van der Waals surface area contributed by atoms with E-state index in [1.165, 1.54) is 28.0 Å². The van der Waals surface area contributed by atoms with Crippen LogP contribution in [0, 0.1) is 23.1 Å². The fourth-order valence-corrected chi connectivity index (χ4v) is 8.27. The molecule has 0 spiro atoms. The number of carbonyl (C=O) groups is 4. The van der Waals surface area contributed by atoms with Crippen molar-refractivity contribution in [2.45, 2.75) is 82.2 Å². The number of pyridine rings is 1. The monoisotopic (exact) mass is 764 g/mol. The normalized spacial score (nSPS) is 24.3. The summed E-state index contributed by atoms with van der Waals surface area (Å²) >= 11 is 0. The van der Waals surface area contributed by atoms with Gasteiger partial charge in [-0.05, 0) is 48.8 Å². The Bertz CT molecular complexity index is 1920. The largest absolute Gasteiger partial charge is 0.444 e. The molecule has 2 aliphatic heterocycles. The summed E-state index contributed by atoms with van der Waals surface area (Å²) in [7, 11) is -3.88. The molecule has 3 fully saturated rings. The summed E-state index contributed by atoms with van der Waals surface area (Å²) in [6.45, 7) is 6.53. The van der Waals surface area contributed by atoms with Gasteiger partial charge in [-0.1, -0.05) is 32.1 Å². The molecule has 13 nitrogen and oxygen atoms in total. The van der Waals surface area contributed by atoms with Gasteiger partial charge in [0.05, 0.1) is 35.0 Å². The molecule has 5 atom stereocenters. The van der Waals surface area contributed by atoms with Gasteiger partial charge in [0.2, 0.25) is 27.7 Å². The van der Waals surface area contributed by atoms with Gasteiger partial charge in [0, 0.05) is 37.5 Å². The SMILES string of the molecule is C=C[C@@H]1C[C@]1(CNC(=O)[C@@H]1C[C@@H](OC(=O)N2Cc3cccc(F)c3C2)CN1C(=O)[C@@H](Nc1cncc(C(F)(F)F)c1)C(C)C)C(=O)NS(=O)(=O)C1CC1. The minimum absolute atomic E-state index is 0.0461. The Balaban J connectivity index is 1.20. The van der Waals surface area contributed by atoms with Gasteiger partial charge in [-0.15, -0.1) is 6.58 Å².